The van der Waals surface area contributed by atoms with Gasteiger partial charge in [0.15, 0.2) is 0 Å². The van der Waals surface area contributed by atoms with Crippen molar-refractivity contribution in [2.45, 2.75) is 26.2 Å². The van der Waals surface area contributed by atoms with E-state index in [4.69, 9.17) is 4.42 Å². The lowest BCUT2D eigenvalue weighted by atomic mass is 9.91. The Morgan fingerprint density at radius 1 is 0.690 bits per heavy atom. The Morgan fingerprint density at radius 2 is 1.34 bits per heavy atom. The quantitative estimate of drug-likeness (QED) is 0.332. The first-order valence-electron chi connectivity index (χ1n) is 9.85. The minimum Gasteiger partial charge on any atom is -0.455 e. The lowest BCUT2D eigenvalue weighted by molar-refractivity contribution is 0.567. The topological polar surface area (TPSA) is 38.9 Å². The molecule has 5 rings (SSSR count). The Hall–Kier alpha value is -3.46. The van der Waals surface area contributed by atoms with E-state index in [0.29, 0.717) is 0 Å². The third-order valence-electron chi connectivity index (χ3n) is 5.32. The van der Waals surface area contributed by atoms with E-state index in [2.05, 4.69) is 97.5 Å². The fourth-order valence-corrected chi connectivity index (χ4v) is 3.78. The Kier molecular flexibility index (Phi) is 3.99. The molecular weight excluding hydrogens is 356 g/mol. The third kappa shape index (κ3) is 2.99. The average Bonchev–Trinajstić information content (AvgIpc) is 3.13. The van der Waals surface area contributed by atoms with Crippen LogP contribution in [0.15, 0.2) is 83.5 Å². The van der Waals surface area contributed by atoms with E-state index >= 15 is 0 Å². The summed E-state index contributed by atoms with van der Waals surface area (Å²) >= 11 is 0. The normalized spacial score (nSPS) is 12.0. The Labute approximate surface area is 170 Å². The van der Waals surface area contributed by atoms with Crippen LogP contribution in [0.2, 0.25) is 0 Å². The molecule has 0 unspecified atom stereocenters. The van der Waals surface area contributed by atoms with E-state index in [1.54, 1.807) is 6.33 Å². The van der Waals surface area contributed by atoms with Gasteiger partial charge in [-0.05, 0) is 17.7 Å². The summed E-state index contributed by atoms with van der Waals surface area (Å²) in [6.45, 7) is 6.48. The van der Waals surface area contributed by atoms with Crippen LogP contribution >= 0.6 is 0 Å². The lowest BCUT2D eigenvalue weighted by Crippen LogP contribution is -2.13. The molecule has 0 amide bonds. The van der Waals surface area contributed by atoms with Crippen LogP contribution in [0.4, 0.5) is 0 Å². The molecule has 0 bridgehead atoms. The van der Waals surface area contributed by atoms with Gasteiger partial charge in [-0.3, -0.25) is 0 Å². The Bertz CT molecular complexity index is 1330. The van der Waals surface area contributed by atoms with Crippen molar-refractivity contribution in [1.29, 1.82) is 0 Å². The Morgan fingerprint density at radius 3 is 2.03 bits per heavy atom. The average molecular weight is 378 g/mol. The van der Waals surface area contributed by atoms with Gasteiger partial charge in [0.05, 0.1) is 5.69 Å². The van der Waals surface area contributed by atoms with Crippen molar-refractivity contribution in [2.75, 3.05) is 0 Å². The number of hydrogen-bond acceptors (Lipinski definition) is 3. The van der Waals surface area contributed by atoms with Gasteiger partial charge in [-0.2, -0.15) is 0 Å². The van der Waals surface area contributed by atoms with Crippen LogP contribution in [0.25, 0.3) is 44.3 Å². The van der Waals surface area contributed by atoms with Crippen molar-refractivity contribution in [2.24, 2.45) is 0 Å². The molecule has 0 fully saturated rings. The highest BCUT2D eigenvalue weighted by atomic mass is 16.3. The molecule has 0 aliphatic heterocycles. The summed E-state index contributed by atoms with van der Waals surface area (Å²) in [5.41, 5.74) is 6.87. The summed E-state index contributed by atoms with van der Waals surface area (Å²) in [5, 5.41) is 2.22. The molecule has 0 N–H and O–H groups in total. The number of benzene rings is 3. The second kappa shape index (κ2) is 6.56. The number of fused-ring (bicyclic) bond motifs is 3. The lowest BCUT2D eigenvalue weighted by Gasteiger charge is -2.17. The predicted molar refractivity (Wildman–Crippen MR) is 119 cm³/mol. The first kappa shape index (κ1) is 17.6. The zero-order chi connectivity index (χ0) is 20.0. The molecule has 3 aromatic carbocycles. The molecule has 0 aliphatic rings. The van der Waals surface area contributed by atoms with Gasteiger partial charge < -0.3 is 4.42 Å². The van der Waals surface area contributed by atoms with Crippen molar-refractivity contribution in [3.05, 3.63) is 84.8 Å². The summed E-state index contributed by atoms with van der Waals surface area (Å²) in [5.74, 6) is 0. The van der Waals surface area contributed by atoms with Crippen LogP contribution < -0.4 is 0 Å². The number of rotatable bonds is 2. The van der Waals surface area contributed by atoms with Crippen LogP contribution in [-0.2, 0) is 5.41 Å². The van der Waals surface area contributed by atoms with Crippen molar-refractivity contribution in [3.8, 4) is 22.4 Å². The maximum absolute atomic E-state index is 6.49. The first-order chi connectivity index (χ1) is 14.0. The van der Waals surface area contributed by atoms with E-state index in [1.807, 2.05) is 6.07 Å². The van der Waals surface area contributed by atoms with Gasteiger partial charge in [-0.15, -0.1) is 0 Å². The highest BCUT2D eigenvalue weighted by Gasteiger charge is 2.19. The summed E-state index contributed by atoms with van der Waals surface area (Å²) < 4.78 is 6.49. The standard InChI is InChI=1S/C26H22N2O/c1-26(2,3)23-15-22(27-16-28-23)21-14-8-13-20-19-12-7-11-18(24(19)29-25(20)21)17-9-5-4-6-10-17/h4-16H,1-3H3. The fraction of sp³-hybridized carbons (Fsp3) is 0.154. The van der Waals surface area contributed by atoms with Crippen LogP contribution in [0.3, 0.4) is 0 Å². The van der Waals surface area contributed by atoms with Gasteiger partial charge in [0.2, 0.25) is 0 Å². The van der Waals surface area contributed by atoms with Gasteiger partial charge in [0.1, 0.15) is 17.5 Å². The van der Waals surface area contributed by atoms with Gasteiger partial charge in [-0.1, -0.05) is 81.4 Å². The maximum atomic E-state index is 6.49. The smallest absolute Gasteiger partial charge is 0.144 e. The molecule has 0 spiro atoms. The number of para-hydroxylation sites is 2. The zero-order valence-corrected chi connectivity index (χ0v) is 16.8. The Balaban J connectivity index is 1.78. The second-order valence-corrected chi connectivity index (χ2v) is 8.37. The number of furan rings is 1. The van der Waals surface area contributed by atoms with Crippen LogP contribution in [-0.4, -0.2) is 9.97 Å². The van der Waals surface area contributed by atoms with Gasteiger partial charge >= 0.3 is 0 Å². The fourth-order valence-electron chi connectivity index (χ4n) is 3.78. The van der Waals surface area contributed by atoms with Crippen LogP contribution in [0.5, 0.6) is 0 Å². The van der Waals surface area contributed by atoms with Gasteiger partial charge in [-0.25, -0.2) is 9.97 Å². The predicted octanol–water partition coefficient (Wildman–Crippen LogP) is 7.01. The zero-order valence-electron chi connectivity index (χ0n) is 16.8. The van der Waals surface area contributed by atoms with E-state index in [-0.39, 0.29) is 5.41 Å². The van der Waals surface area contributed by atoms with Crippen LogP contribution in [0, 0.1) is 0 Å². The summed E-state index contributed by atoms with van der Waals surface area (Å²) in [4.78, 5) is 9.02. The monoisotopic (exact) mass is 378 g/mol. The molecule has 0 saturated carbocycles. The number of nitrogens with zero attached hydrogens (tertiary/aromatic N) is 2. The summed E-state index contributed by atoms with van der Waals surface area (Å²) in [6, 6.07) is 25.0. The van der Waals surface area contributed by atoms with Crippen molar-refractivity contribution >= 4 is 21.9 Å². The number of hydrogen-bond donors (Lipinski definition) is 0. The van der Waals surface area contributed by atoms with Crippen molar-refractivity contribution < 1.29 is 4.42 Å². The van der Waals surface area contributed by atoms with E-state index in [1.165, 1.54) is 0 Å². The van der Waals surface area contributed by atoms with Gasteiger partial charge in [0, 0.05) is 33.0 Å². The molecule has 5 aromatic rings. The molecule has 0 saturated heterocycles. The molecule has 0 atom stereocenters. The largest absolute Gasteiger partial charge is 0.455 e. The first-order valence-corrected chi connectivity index (χ1v) is 9.85. The van der Waals surface area contributed by atoms with E-state index in [9.17, 15) is 0 Å². The highest BCUT2D eigenvalue weighted by molar-refractivity contribution is 6.12. The molecule has 0 aliphatic carbocycles. The summed E-state index contributed by atoms with van der Waals surface area (Å²) in [7, 11) is 0. The molecule has 142 valence electrons. The molecule has 3 nitrogen and oxygen atoms in total. The third-order valence-corrected chi connectivity index (χ3v) is 5.32. The molecule has 2 aromatic heterocycles. The highest BCUT2D eigenvalue weighted by Crippen LogP contribution is 2.39. The summed E-state index contributed by atoms with van der Waals surface area (Å²) in [6.07, 6.45) is 1.65. The SMILES string of the molecule is CC(C)(C)c1cc(-c2cccc3c2oc2c(-c4ccccc4)cccc23)ncn1. The molecule has 0 radical (unpaired) electrons. The molecule has 2 heterocycles. The minimum absolute atomic E-state index is 0.0417. The molecule has 3 heteroatoms. The minimum atomic E-state index is -0.0417. The van der Waals surface area contributed by atoms with Gasteiger partial charge in [0.25, 0.3) is 0 Å². The van der Waals surface area contributed by atoms with Crippen molar-refractivity contribution in [3.63, 3.8) is 0 Å². The van der Waals surface area contributed by atoms with Crippen molar-refractivity contribution in [1.82, 2.24) is 9.97 Å². The number of aromatic nitrogens is 2. The molecular formula is C26H22N2O. The van der Waals surface area contributed by atoms with E-state index < -0.39 is 0 Å². The molecule has 29 heavy (non-hydrogen) atoms. The van der Waals surface area contributed by atoms with E-state index in [0.717, 1.165) is 50.0 Å². The van der Waals surface area contributed by atoms with Crippen LogP contribution in [0.1, 0.15) is 26.5 Å². The maximum Gasteiger partial charge on any atom is 0.144 e. The second-order valence-electron chi connectivity index (χ2n) is 8.37.